The maximum absolute atomic E-state index is 13.8. The van der Waals surface area contributed by atoms with Crippen LogP contribution in [-0.2, 0) is 4.74 Å². The Morgan fingerprint density at radius 2 is 1.70 bits per heavy atom. The second-order valence-electron chi connectivity index (χ2n) is 5.87. The summed E-state index contributed by atoms with van der Waals surface area (Å²) < 4.78 is 42.7. The monoisotopic (exact) mass is 326 g/mol. The highest BCUT2D eigenvalue weighted by molar-refractivity contribution is 5.34. The van der Waals surface area contributed by atoms with Crippen molar-refractivity contribution < 1.29 is 23.0 Å². The molecule has 1 aromatic rings. The summed E-state index contributed by atoms with van der Waals surface area (Å²) in [4.78, 5) is 0. The van der Waals surface area contributed by atoms with Crippen molar-refractivity contribution in [3.8, 4) is 11.5 Å². The molecule has 0 radical (unpaired) electrons. The average Bonchev–Trinajstić information content (AvgIpc) is 2.58. The highest BCUT2D eigenvalue weighted by atomic mass is 19.2. The second kappa shape index (κ2) is 8.87. The van der Waals surface area contributed by atoms with Crippen LogP contribution < -0.4 is 9.47 Å². The standard InChI is InChI=1S/C18H24F2O3/c1-21-11-3-4-13-5-7-14(8-6-13)12-23-16-10-9-15(22-2)17(19)18(16)20/h3-4,9-10,13-14H,5-8,11-12H2,1-2H3. The SMILES string of the molecule is COCC=CC1CCC(COc2ccc(OC)c(F)c2F)CC1. The zero-order valence-corrected chi connectivity index (χ0v) is 13.7. The molecular weight excluding hydrogens is 302 g/mol. The van der Waals surface area contributed by atoms with Gasteiger partial charge in [-0.05, 0) is 49.7 Å². The van der Waals surface area contributed by atoms with Crippen LogP contribution in [0.5, 0.6) is 11.5 Å². The molecule has 0 spiro atoms. The van der Waals surface area contributed by atoms with Gasteiger partial charge in [-0.25, -0.2) is 0 Å². The lowest BCUT2D eigenvalue weighted by atomic mass is 9.82. The van der Waals surface area contributed by atoms with Crippen LogP contribution >= 0.6 is 0 Å². The van der Waals surface area contributed by atoms with Gasteiger partial charge >= 0.3 is 0 Å². The van der Waals surface area contributed by atoms with Crippen molar-refractivity contribution in [2.24, 2.45) is 11.8 Å². The van der Waals surface area contributed by atoms with Crippen LogP contribution in [0, 0.1) is 23.5 Å². The molecule has 1 aromatic carbocycles. The first-order chi connectivity index (χ1) is 11.2. The molecule has 5 heteroatoms. The molecule has 0 bridgehead atoms. The maximum atomic E-state index is 13.8. The molecule has 128 valence electrons. The zero-order chi connectivity index (χ0) is 16.7. The Morgan fingerprint density at radius 1 is 1.04 bits per heavy atom. The molecule has 0 aromatic heterocycles. The molecule has 1 fully saturated rings. The Kier molecular flexibility index (Phi) is 6.84. The second-order valence-corrected chi connectivity index (χ2v) is 5.87. The third-order valence-corrected chi connectivity index (χ3v) is 4.27. The molecule has 2 rings (SSSR count). The van der Waals surface area contributed by atoms with E-state index in [1.807, 2.05) is 0 Å². The Hall–Kier alpha value is -1.62. The minimum absolute atomic E-state index is 0.0505. The average molecular weight is 326 g/mol. The van der Waals surface area contributed by atoms with Crippen molar-refractivity contribution in [3.63, 3.8) is 0 Å². The fourth-order valence-corrected chi connectivity index (χ4v) is 2.88. The number of hydrogen-bond donors (Lipinski definition) is 0. The summed E-state index contributed by atoms with van der Waals surface area (Å²) >= 11 is 0. The molecule has 0 saturated heterocycles. The van der Waals surface area contributed by atoms with E-state index in [4.69, 9.17) is 14.2 Å². The van der Waals surface area contributed by atoms with Crippen LogP contribution in [0.1, 0.15) is 25.7 Å². The Bertz CT molecular complexity index is 523. The quantitative estimate of drug-likeness (QED) is 0.697. The van der Waals surface area contributed by atoms with Gasteiger partial charge in [0.05, 0.1) is 20.3 Å². The van der Waals surface area contributed by atoms with Gasteiger partial charge in [0.2, 0.25) is 11.6 Å². The number of rotatable bonds is 7. The first-order valence-corrected chi connectivity index (χ1v) is 7.96. The number of methoxy groups -OCH3 is 2. The van der Waals surface area contributed by atoms with Crippen LogP contribution in [0.25, 0.3) is 0 Å². The molecule has 0 atom stereocenters. The van der Waals surface area contributed by atoms with E-state index in [0.717, 1.165) is 25.7 Å². The predicted octanol–water partition coefficient (Wildman–Crippen LogP) is 4.36. The highest BCUT2D eigenvalue weighted by Crippen LogP contribution is 2.32. The lowest BCUT2D eigenvalue weighted by Crippen LogP contribution is -2.19. The van der Waals surface area contributed by atoms with Crippen LogP contribution in [0.2, 0.25) is 0 Å². The van der Waals surface area contributed by atoms with Crippen molar-refractivity contribution in [1.82, 2.24) is 0 Å². The molecule has 1 aliphatic carbocycles. The summed E-state index contributed by atoms with van der Waals surface area (Å²) in [7, 11) is 2.98. The topological polar surface area (TPSA) is 27.7 Å². The van der Waals surface area contributed by atoms with Gasteiger partial charge in [-0.15, -0.1) is 0 Å². The van der Waals surface area contributed by atoms with Gasteiger partial charge in [0.15, 0.2) is 11.5 Å². The first-order valence-electron chi connectivity index (χ1n) is 7.96. The third-order valence-electron chi connectivity index (χ3n) is 4.27. The van der Waals surface area contributed by atoms with Crippen molar-refractivity contribution in [1.29, 1.82) is 0 Å². The summed E-state index contributed by atoms with van der Waals surface area (Å²) in [6, 6.07) is 2.79. The number of ether oxygens (including phenoxy) is 3. The maximum Gasteiger partial charge on any atom is 0.204 e. The van der Waals surface area contributed by atoms with E-state index >= 15 is 0 Å². The van der Waals surface area contributed by atoms with E-state index in [2.05, 4.69) is 12.2 Å². The molecule has 3 nitrogen and oxygen atoms in total. The Balaban J connectivity index is 1.81. The van der Waals surface area contributed by atoms with Crippen molar-refractivity contribution in [3.05, 3.63) is 35.9 Å². The largest absolute Gasteiger partial charge is 0.494 e. The van der Waals surface area contributed by atoms with Crippen molar-refractivity contribution in [2.45, 2.75) is 25.7 Å². The number of allylic oxidation sites excluding steroid dienone is 1. The molecule has 0 amide bonds. The van der Waals surface area contributed by atoms with E-state index in [9.17, 15) is 8.78 Å². The van der Waals surface area contributed by atoms with Crippen LogP contribution in [0.15, 0.2) is 24.3 Å². The molecular formula is C18H24F2O3. The zero-order valence-electron chi connectivity index (χ0n) is 13.7. The van der Waals surface area contributed by atoms with Gasteiger partial charge in [-0.2, -0.15) is 8.78 Å². The van der Waals surface area contributed by atoms with Crippen LogP contribution in [0.3, 0.4) is 0 Å². The van der Waals surface area contributed by atoms with Gasteiger partial charge in [0.1, 0.15) is 0 Å². The molecule has 0 N–H and O–H groups in total. The molecule has 1 saturated carbocycles. The van der Waals surface area contributed by atoms with E-state index in [1.165, 1.54) is 19.2 Å². The third kappa shape index (κ3) is 4.93. The van der Waals surface area contributed by atoms with E-state index in [1.54, 1.807) is 7.11 Å². The fourth-order valence-electron chi connectivity index (χ4n) is 2.88. The number of benzene rings is 1. The van der Waals surface area contributed by atoms with Crippen LogP contribution in [0.4, 0.5) is 8.78 Å². The molecule has 0 aliphatic heterocycles. The fraction of sp³-hybridized carbons (Fsp3) is 0.556. The van der Waals surface area contributed by atoms with Crippen LogP contribution in [-0.4, -0.2) is 27.4 Å². The summed E-state index contributed by atoms with van der Waals surface area (Å²) in [5, 5.41) is 0. The predicted molar refractivity (Wildman–Crippen MR) is 84.9 cm³/mol. The summed E-state index contributed by atoms with van der Waals surface area (Å²) in [5.74, 6) is -1.19. The molecule has 0 heterocycles. The smallest absolute Gasteiger partial charge is 0.204 e. The number of halogens is 2. The highest BCUT2D eigenvalue weighted by Gasteiger charge is 2.21. The Morgan fingerprint density at radius 3 is 2.35 bits per heavy atom. The lowest BCUT2D eigenvalue weighted by molar-refractivity contribution is 0.186. The lowest BCUT2D eigenvalue weighted by Gasteiger charge is -2.26. The van der Waals surface area contributed by atoms with Crippen molar-refractivity contribution >= 4 is 0 Å². The summed E-state index contributed by atoms with van der Waals surface area (Å²) in [6.07, 6.45) is 8.50. The van der Waals surface area contributed by atoms with Gasteiger partial charge in [-0.3, -0.25) is 0 Å². The van der Waals surface area contributed by atoms with E-state index in [0.29, 0.717) is 25.0 Å². The van der Waals surface area contributed by atoms with Gasteiger partial charge in [-0.1, -0.05) is 12.2 Å². The minimum atomic E-state index is -1.00. The van der Waals surface area contributed by atoms with Gasteiger partial charge in [0, 0.05) is 7.11 Å². The summed E-state index contributed by atoms with van der Waals surface area (Å²) in [6.45, 7) is 1.06. The minimum Gasteiger partial charge on any atom is -0.494 e. The first kappa shape index (κ1) is 17.7. The molecule has 23 heavy (non-hydrogen) atoms. The van der Waals surface area contributed by atoms with E-state index < -0.39 is 11.6 Å². The Labute approximate surface area is 136 Å². The normalized spacial score (nSPS) is 21.6. The molecule has 1 aliphatic rings. The molecule has 0 unspecified atom stereocenters. The van der Waals surface area contributed by atoms with Gasteiger partial charge < -0.3 is 14.2 Å². The van der Waals surface area contributed by atoms with E-state index in [-0.39, 0.29) is 11.5 Å². The summed E-state index contributed by atoms with van der Waals surface area (Å²) in [5.41, 5.74) is 0. The van der Waals surface area contributed by atoms with Crippen molar-refractivity contribution in [2.75, 3.05) is 27.4 Å². The van der Waals surface area contributed by atoms with Gasteiger partial charge in [0.25, 0.3) is 0 Å². The number of hydrogen-bond acceptors (Lipinski definition) is 3.